The molecule has 0 spiro atoms. The summed E-state index contributed by atoms with van der Waals surface area (Å²) in [6, 6.07) is 25.4. The zero-order valence-electron chi connectivity index (χ0n) is 17.2. The number of rotatable bonds is 6. The van der Waals surface area contributed by atoms with Crippen LogP contribution in [0.5, 0.6) is 0 Å². The number of hydrogen-bond donors (Lipinski definition) is 1. The molecule has 0 aliphatic rings. The summed E-state index contributed by atoms with van der Waals surface area (Å²) in [5, 5.41) is 11.3. The van der Waals surface area contributed by atoms with E-state index in [9.17, 15) is 9.90 Å². The van der Waals surface area contributed by atoms with Crippen LogP contribution in [0.3, 0.4) is 0 Å². The van der Waals surface area contributed by atoms with Gasteiger partial charge in [-0.2, -0.15) is 0 Å². The summed E-state index contributed by atoms with van der Waals surface area (Å²) in [4.78, 5) is 18.5. The van der Waals surface area contributed by atoms with Gasteiger partial charge in [0.25, 0.3) is 0 Å². The first-order valence-corrected chi connectivity index (χ1v) is 11.1. The third-order valence-corrected chi connectivity index (χ3v) is 6.13. The first-order valence-electron chi connectivity index (χ1n) is 10.3. The van der Waals surface area contributed by atoms with E-state index in [1.807, 2.05) is 88.8 Å². The number of thiazole rings is 1. The molecule has 32 heavy (non-hydrogen) atoms. The van der Waals surface area contributed by atoms with Gasteiger partial charge >= 0.3 is 0 Å². The van der Waals surface area contributed by atoms with Crippen molar-refractivity contribution in [3.63, 3.8) is 0 Å². The van der Waals surface area contributed by atoms with E-state index < -0.39 is 0 Å². The van der Waals surface area contributed by atoms with Crippen LogP contribution in [0.1, 0.15) is 21.6 Å². The molecule has 2 aromatic heterocycles. The number of ketones is 1. The fourth-order valence-corrected chi connectivity index (χ4v) is 4.37. The van der Waals surface area contributed by atoms with E-state index >= 15 is 0 Å². The smallest absolute Gasteiger partial charge is 0.194 e. The second kappa shape index (κ2) is 8.75. The Morgan fingerprint density at radius 1 is 0.906 bits per heavy atom. The van der Waals surface area contributed by atoms with Crippen molar-refractivity contribution >= 4 is 28.2 Å². The van der Waals surface area contributed by atoms with Gasteiger partial charge in [0.2, 0.25) is 0 Å². The molecule has 156 valence electrons. The minimum absolute atomic E-state index is 0.00286. The van der Waals surface area contributed by atoms with Crippen molar-refractivity contribution in [2.75, 3.05) is 0 Å². The number of nitrogens with zero attached hydrogens (tertiary/aromatic N) is 2. The van der Waals surface area contributed by atoms with Crippen molar-refractivity contribution in [1.29, 1.82) is 0 Å². The molecule has 0 saturated carbocycles. The predicted molar refractivity (Wildman–Crippen MR) is 130 cm³/mol. The van der Waals surface area contributed by atoms with Crippen molar-refractivity contribution < 1.29 is 9.90 Å². The summed E-state index contributed by atoms with van der Waals surface area (Å²) in [5.41, 5.74) is 6.30. The highest BCUT2D eigenvalue weighted by Crippen LogP contribution is 2.28. The van der Waals surface area contributed by atoms with Crippen LogP contribution in [-0.4, -0.2) is 20.3 Å². The molecular weight excluding hydrogens is 416 g/mol. The third-order valence-electron chi connectivity index (χ3n) is 5.38. The molecule has 0 saturated heterocycles. The molecule has 0 aliphatic heterocycles. The molecule has 0 unspecified atom stereocenters. The summed E-state index contributed by atoms with van der Waals surface area (Å²) in [6.07, 6.45) is 5.39. The monoisotopic (exact) mass is 436 g/mol. The molecule has 0 atom stereocenters. The number of imidazole rings is 1. The molecule has 5 heteroatoms. The van der Waals surface area contributed by atoms with Gasteiger partial charge in [-0.15, -0.1) is 11.3 Å². The minimum atomic E-state index is -0.0589. The Kier molecular flexibility index (Phi) is 5.50. The number of aliphatic hydroxyl groups is 1. The lowest BCUT2D eigenvalue weighted by Crippen LogP contribution is -1.95. The molecule has 0 fully saturated rings. The quantitative estimate of drug-likeness (QED) is 0.258. The summed E-state index contributed by atoms with van der Waals surface area (Å²) in [5.74, 6) is -0.0589. The molecule has 2 heterocycles. The lowest BCUT2D eigenvalue weighted by Gasteiger charge is -2.03. The van der Waals surface area contributed by atoms with E-state index in [2.05, 4.69) is 12.1 Å². The van der Waals surface area contributed by atoms with E-state index in [0.717, 1.165) is 38.6 Å². The Balaban J connectivity index is 1.44. The van der Waals surface area contributed by atoms with Crippen molar-refractivity contribution in [3.8, 4) is 22.4 Å². The van der Waals surface area contributed by atoms with Gasteiger partial charge in [-0.05, 0) is 28.8 Å². The van der Waals surface area contributed by atoms with E-state index in [-0.39, 0.29) is 12.4 Å². The number of hydrogen-bond acceptors (Lipinski definition) is 4. The maximum atomic E-state index is 12.9. The first kappa shape index (κ1) is 20.1. The second-order valence-electron chi connectivity index (χ2n) is 7.40. The van der Waals surface area contributed by atoms with Crippen molar-refractivity contribution in [2.24, 2.45) is 0 Å². The number of carbonyl (C=O) groups excluding carboxylic acids is 1. The van der Waals surface area contributed by atoms with E-state index in [0.29, 0.717) is 5.56 Å². The summed E-state index contributed by atoms with van der Waals surface area (Å²) < 4.78 is 1.99. The van der Waals surface area contributed by atoms with Gasteiger partial charge in [-0.3, -0.25) is 9.20 Å². The van der Waals surface area contributed by atoms with Crippen molar-refractivity contribution in [3.05, 3.63) is 113 Å². The highest BCUT2D eigenvalue weighted by Gasteiger charge is 2.13. The summed E-state index contributed by atoms with van der Waals surface area (Å²) >= 11 is 1.55. The van der Waals surface area contributed by atoms with Crippen molar-refractivity contribution in [2.45, 2.75) is 6.61 Å². The number of carbonyl (C=O) groups is 1. The van der Waals surface area contributed by atoms with E-state index in [1.165, 1.54) is 0 Å². The van der Waals surface area contributed by atoms with Crippen LogP contribution in [0.4, 0.5) is 0 Å². The van der Waals surface area contributed by atoms with Gasteiger partial charge in [0.1, 0.15) is 0 Å². The molecule has 5 aromatic rings. The number of allylic oxidation sites excluding steroid dienone is 1. The molecule has 0 aliphatic carbocycles. The molecular formula is C27H20N2O2S. The Labute approximate surface area is 189 Å². The predicted octanol–water partition coefficient (Wildman–Crippen LogP) is 6.12. The van der Waals surface area contributed by atoms with Crippen LogP contribution >= 0.6 is 11.3 Å². The molecule has 4 nitrogen and oxygen atoms in total. The molecule has 0 radical (unpaired) electrons. The molecule has 5 rings (SSSR count). The second-order valence-corrected chi connectivity index (χ2v) is 8.27. The van der Waals surface area contributed by atoms with Crippen LogP contribution in [0.25, 0.3) is 33.4 Å². The minimum Gasteiger partial charge on any atom is -0.392 e. The van der Waals surface area contributed by atoms with Crippen LogP contribution < -0.4 is 0 Å². The summed E-state index contributed by atoms with van der Waals surface area (Å²) in [7, 11) is 0. The fourth-order valence-electron chi connectivity index (χ4n) is 3.65. The Bertz CT molecular complexity index is 1400. The Morgan fingerprint density at radius 2 is 1.59 bits per heavy atom. The standard InChI is InChI=1S/C27H20N2O2S/c30-18-19-6-8-23(9-7-19)26-24(29-16-17-32-27(29)28-26)14-15-25(31)22-12-10-21(11-13-22)20-4-2-1-3-5-20/h1-17,30H,18H2. The summed E-state index contributed by atoms with van der Waals surface area (Å²) in [6.45, 7) is 0.00286. The Morgan fingerprint density at radius 3 is 2.31 bits per heavy atom. The molecule has 3 aromatic carbocycles. The maximum absolute atomic E-state index is 12.9. The van der Waals surface area contributed by atoms with Crippen LogP contribution in [0.15, 0.2) is 96.5 Å². The van der Waals surface area contributed by atoms with Gasteiger partial charge in [0.15, 0.2) is 10.7 Å². The average molecular weight is 437 g/mol. The number of aromatic nitrogens is 2. The highest BCUT2D eigenvalue weighted by molar-refractivity contribution is 7.15. The van der Waals surface area contributed by atoms with Gasteiger partial charge in [-0.25, -0.2) is 4.98 Å². The first-order chi connectivity index (χ1) is 15.7. The van der Waals surface area contributed by atoms with Gasteiger partial charge in [0, 0.05) is 22.7 Å². The maximum Gasteiger partial charge on any atom is 0.194 e. The SMILES string of the molecule is O=C(C=Cc1c(-c2ccc(CO)cc2)nc2sccn12)c1ccc(-c2ccccc2)cc1. The van der Waals surface area contributed by atoms with Crippen molar-refractivity contribution in [1.82, 2.24) is 9.38 Å². The number of aliphatic hydroxyl groups excluding tert-OH is 1. The van der Waals surface area contributed by atoms with Gasteiger partial charge < -0.3 is 5.11 Å². The number of fused-ring (bicyclic) bond motifs is 1. The highest BCUT2D eigenvalue weighted by atomic mass is 32.1. The topological polar surface area (TPSA) is 54.6 Å². The van der Waals surface area contributed by atoms with E-state index in [1.54, 1.807) is 17.4 Å². The third kappa shape index (κ3) is 3.91. The molecule has 0 amide bonds. The van der Waals surface area contributed by atoms with Crippen LogP contribution in [0, 0.1) is 0 Å². The fraction of sp³-hybridized carbons (Fsp3) is 0.0370. The number of benzene rings is 3. The average Bonchev–Trinajstić information content (AvgIpc) is 3.45. The lowest BCUT2D eigenvalue weighted by molar-refractivity contribution is 0.104. The Hall–Kier alpha value is -3.80. The zero-order valence-corrected chi connectivity index (χ0v) is 18.0. The normalized spacial score (nSPS) is 11.4. The van der Waals surface area contributed by atoms with E-state index in [4.69, 9.17) is 4.98 Å². The largest absolute Gasteiger partial charge is 0.392 e. The van der Waals surface area contributed by atoms with Gasteiger partial charge in [-0.1, -0.05) is 78.9 Å². The van der Waals surface area contributed by atoms with Crippen LogP contribution in [-0.2, 0) is 6.61 Å². The van der Waals surface area contributed by atoms with Gasteiger partial charge in [0.05, 0.1) is 18.0 Å². The molecule has 1 N–H and O–H groups in total. The zero-order chi connectivity index (χ0) is 21.9. The van der Waals surface area contributed by atoms with Crippen LogP contribution in [0.2, 0.25) is 0 Å². The molecule has 0 bridgehead atoms. The lowest BCUT2D eigenvalue weighted by atomic mass is 10.0.